The summed E-state index contributed by atoms with van der Waals surface area (Å²) < 4.78 is 5.44. The fraction of sp³-hybridized carbons (Fsp3) is 0.545. The molecule has 3 heterocycles. The quantitative estimate of drug-likeness (QED) is 0.538. The van der Waals surface area contributed by atoms with Crippen molar-refractivity contribution in [2.75, 3.05) is 30.5 Å². The van der Waals surface area contributed by atoms with Crippen molar-refractivity contribution in [1.29, 1.82) is 0 Å². The molecule has 1 aliphatic rings. The van der Waals surface area contributed by atoms with E-state index in [0.29, 0.717) is 11.6 Å². The van der Waals surface area contributed by atoms with E-state index in [9.17, 15) is 0 Å². The first-order valence-corrected chi connectivity index (χ1v) is 6.27. The van der Waals surface area contributed by atoms with Gasteiger partial charge < -0.3 is 9.64 Å². The van der Waals surface area contributed by atoms with E-state index in [1.807, 2.05) is 0 Å². The first-order valence-electron chi connectivity index (χ1n) is 6.27. The van der Waals surface area contributed by atoms with Gasteiger partial charge in [-0.1, -0.05) is 0 Å². The Hall–Kier alpha value is -1.93. The fourth-order valence-corrected chi connectivity index (χ4v) is 2.45. The topological polar surface area (TPSA) is 105 Å². The third kappa shape index (κ3) is 2.20. The lowest BCUT2D eigenvalue weighted by Gasteiger charge is -2.33. The average molecular weight is 263 g/mol. The normalized spacial score (nSPS) is 19.9. The maximum absolute atomic E-state index is 5.44. The zero-order valence-electron chi connectivity index (χ0n) is 10.8. The number of nitrogen functional groups attached to an aromatic ring is 1. The number of hydrogen-bond donors (Lipinski definition) is 3. The number of nitrogens with two attached hydrogens (primary N) is 1. The number of aromatic amines is 1. The number of H-pyrrole nitrogens is 1. The van der Waals surface area contributed by atoms with Crippen molar-refractivity contribution in [2.45, 2.75) is 18.9 Å². The van der Waals surface area contributed by atoms with E-state index in [0.717, 1.165) is 37.1 Å². The number of nitrogens with one attached hydrogen (secondary N) is 2. The largest absolute Gasteiger partial charge is 0.380 e. The molecule has 0 bridgehead atoms. The standard InChI is InChI=1S/C11H17N7O/c1-19-7-3-2-4-18(6-7)10-8-5-13-17-9(8)14-11(15-10)16-12/h5,7H,2-4,6,12H2,1H3,(H2,13,14,15,16,17). The monoisotopic (exact) mass is 263 g/mol. The molecule has 8 nitrogen and oxygen atoms in total. The van der Waals surface area contributed by atoms with Gasteiger partial charge >= 0.3 is 0 Å². The van der Waals surface area contributed by atoms with Crippen LogP contribution in [0.5, 0.6) is 0 Å². The van der Waals surface area contributed by atoms with Gasteiger partial charge in [0.05, 0.1) is 17.7 Å². The van der Waals surface area contributed by atoms with Crippen LogP contribution in [0, 0.1) is 0 Å². The maximum atomic E-state index is 5.44. The molecule has 0 amide bonds. The average Bonchev–Trinajstić information content (AvgIpc) is 2.94. The molecule has 2 aromatic rings. The molecule has 0 aromatic carbocycles. The first kappa shape index (κ1) is 12.1. The summed E-state index contributed by atoms with van der Waals surface area (Å²) in [4.78, 5) is 10.9. The summed E-state index contributed by atoms with van der Waals surface area (Å²) in [5.41, 5.74) is 3.16. The Morgan fingerprint density at radius 1 is 1.53 bits per heavy atom. The van der Waals surface area contributed by atoms with Gasteiger partial charge in [0, 0.05) is 20.2 Å². The number of ether oxygens (including phenoxy) is 1. The van der Waals surface area contributed by atoms with E-state index in [1.54, 1.807) is 13.3 Å². The summed E-state index contributed by atoms with van der Waals surface area (Å²) in [6.07, 6.45) is 4.13. The van der Waals surface area contributed by atoms with E-state index >= 15 is 0 Å². The lowest BCUT2D eigenvalue weighted by atomic mass is 10.1. The minimum absolute atomic E-state index is 0.236. The summed E-state index contributed by atoms with van der Waals surface area (Å²) in [5, 5.41) is 7.76. The van der Waals surface area contributed by atoms with Crippen LogP contribution >= 0.6 is 0 Å². The van der Waals surface area contributed by atoms with Gasteiger partial charge in [0.25, 0.3) is 0 Å². The summed E-state index contributed by atoms with van der Waals surface area (Å²) in [7, 11) is 1.74. The van der Waals surface area contributed by atoms with E-state index in [1.165, 1.54) is 0 Å². The third-order valence-corrected chi connectivity index (χ3v) is 3.43. The van der Waals surface area contributed by atoms with Crippen molar-refractivity contribution in [2.24, 2.45) is 5.84 Å². The molecule has 3 rings (SSSR count). The summed E-state index contributed by atoms with van der Waals surface area (Å²) in [6.45, 7) is 1.76. The van der Waals surface area contributed by atoms with Crippen LogP contribution in [0.15, 0.2) is 6.20 Å². The minimum Gasteiger partial charge on any atom is -0.380 e. The number of anilines is 2. The number of aromatic nitrogens is 4. The Kier molecular flexibility index (Phi) is 3.18. The van der Waals surface area contributed by atoms with Crippen LogP contribution in [0.25, 0.3) is 11.0 Å². The van der Waals surface area contributed by atoms with Gasteiger partial charge in [-0.2, -0.15) is 15.1 Å². The fourth-order valence-electron chi connectivity index (χ4n) is 2.45. The molecule has 0 aliphatic carbocycles. The third-order valence-electron chi connectivity index (χ3n) is 3.43. The molecular weight excluding hydrogens is 246 g/mol. The molecule has 1 aliphatic heterocycles. The molecule has 102 valence electrons. The second-order valence-corrected chi connectivity index (χ2v) is 4.59. The number of nitrogens with zero attached hydrogens (tertiary/aromatic N) is 4. The number of hydrazine groups is 1. The van der Waals surface area contributed by atoms with Gasteiger partial charge in [-0.25, -0.2) is 5.84 Å². The van der Waals surface area contributed by atoms with Crippen LogP contribution in [0.3, 0.4) is 0 Å². The highest BCUT2D eigenvalue weighted by atomic mass is 16.5. The second-order valence-electron chi connectivity index (χ2n) is 4.59. The van der Waals surface area contributed by atoms with Gasteiger partial charge in [-0.3, -0.25) is 10.5 Å². The molecule has 0 spiro atoms. The predicted molar refractivity (Wildman–Crippen MR) is 71.7 cm³/mol. The molecule has 1 fully saturated rings. The minimum atomic E-state index is 0.236. The van der Waals surface area contributed by atoms with Crippen LogP contribution in [0.4, 0.5) is 11.8 Å². The molecule has 1 saturated heterocycles. The zero-order valence-corrected chi connectivity index (χ0v) is 10.8. The number of fused-ring (bicyclic) bond motifs is 1. The zero-order chi connectivity index (χ0) is 13.2. The number of piperidine rings is 1. The Morgan fingerprint density at radius 3 is 3.21 bits per heavy atom. The van der Waals surface area contributed by atoms with Crippen molar-refractivity contribution in [3.63, 3.8) is 0 Å². The molecular formula is C11H17N7O. The molecule has 2 aromatic heterocycles. The first-order chi connectivity index (χ1) is 9.31. The molecule has 0 saturated carbocycles. The van der Waals surface area contributed by atoms with E-state index in [-0.39, 0.29) is 6.10 Å². The summed E-state index contributed by atoms with van der Waals surface area (Å²) >= 11 is 0. The SMILES string of the molecule is COC1CCCN(c2nc(NN)nc3[nH]ncc23)C1. The Bertz CT molecular complexity index is 569. The van der Waals surface area contributed by atoms with Crippen molar-refractivity contribution >= 4 is 22.8 Å². The van der Waals surface area contributed by atoms with Crippen LogP contribution in [-0.2, 0) is 4.74 Å². The molecule has 0 radical (unpaired) electrons. The van der Waals surface area contributed by atoms with Gasteiger partial charge in [0.1, 0.15) is 5.82 Å². The van der Waals surface area contributed by atoms with Crippen molar-refractivity contribution in [3.8, 4) is 0 Å². The van der Waals surface area contributed by atoms with Crippen LogP contribution in [0.1, 0.15) is 12.8 Å². The lowest BCUT2D eigenvalue weighted by molar-refractivity contribution is 0.0892. The lowest BCUT2D eigenvalue weighted by Crippen LogP contribution is -2.39. The van der Waals surface area contributed by atoms with E-state index in [4.69, 9.17) is 10.6 Å². The summed E-state index contributed by atoms with van der Waals surface area (Å²) in [6, 6.07) is 0. The van der Waals surface area contributed by atoms with Gasteiger partial charge in [0.15, 0.2) is 5.65 Å². The van der Waals surface area contributed by atoms with Crippen molar-refractivity contribution in [1.82, 2.24) is 20.2 Å². The molecule has 4 N–H and O–H groups in total. The highest BCUT2D eigenvalue weighted by Gasteiger charge is 2.23. The van der Waals surface area contributed by atoms with E-state index in [2.05, 4.69) is 30.5 Å². The summed E-state index contributed by atoms with van der Waals surface area (Å²) in [5.74, 6) is 6.63. The number of methoxy groups -OCH3 is 1. The predicted octanol–water partition coefficient (Wildman–Crippen LogP) is 0.254. The smallest absolute Gasteiger partial charge is 0.241 e. The van der Waals surface area contributed by atoms with Gasteiger partial charge in [-0.05, 0) is 12.8 Å². The van der Waals surface area contributed by atoms with Gasteiger partial charge in [-0.15, -0.1) is 0 Å². The Labute approximate surface area is 110 Å². The van der Waals surface area contributed by atoms with Gasteiger partial charge in [0.2, 0.25) is 5.95 Å². The van der Waals surface area contributed by atoms with Crippen molar-refractivity contribution in [3.05, 3.63) is 6.20 Å². The van der Waals surface area contributed by atoms with Crippen LogP contribution in [-0.4, -0.2) is 46.5 Å². The highest BCUT2D eigenvalue weighted by Crippen LogP contribution is 2.26. The van der Waals surface area contributed by atoms with E-state index < -0.39 is 0 Å². The Balaban J connectivity index is 2.00. The molecule has 1 unspecified atom stereocenters. The number of hydrogen-bond acceptors (Lipinski definition) is 7. The molecule has 1 atom stereocenters. The highest BCUT2D eigenvalue weighted by molar-refractivity contribution is 5.87. The molecule has 8 heteroatoms. The molecule has 19 heavy (non-hydrogen) atoms. The van der Waals surface area contributed by atoms with Crippen molar-refractivity contribution < 1.29 is 4.74 Å². The number of rotatable bonds is 3. The second kappa shape index (κ2) is 4.98. The van der Waals surface area contributed by atoms with Crippen LogP contribution in [0.2, 0.25) is 0 Å². The Morgan fingerprint density at radius 2 is 2.42 bits per heavy atom. The van der Waals surface area contributed by atoms with Crippen LogP contribution < -0.4 is 16.2 Å². The maximum Gasteiger partial charge on any atom is 0.241 e.